The van der Waals surface area contributed by atoms with Gasteiger partial charge in [0.2, 0.25) is 5.91 Å². The molecule has 3 rings (SSSR count). The summed E-state index contributed by atoms with van der Waals surface area (Å²) in [7, 11) is 0. The Bertz CT molecular complexity index is 1070. The van der Waals surface area contributed by atoms with Gasteiger partial charge in [-0.25, -0.2) is 4.98 Å². The normalized spacial score (nSPS) is 10.6. The first-order valence-electron chi connectivity index (χ1n) is 8.65. The molecule has 8 heteroatoms. The van der Waals surface area contributed by atoms with Gasteiger partial charge in [-0.2, -0.15) is 0 Å². The molecule has 0 saturated carbocycles. The summed E-state index contributed by atoms with van der Waals surface area (Å²) in [6.45, 7) is 1.38. The van der Waals surface area contributed by atoms with Gasteiger partial charge < -0.3 is 4.74 Å². The van der Waals surface area contributed by atoms with Gasteiger partial charge in [0, 0.05) is 10.7 Å². The molecular formula is C20H18ClN3O4. The fourth-order valence-corrected chi connectivity index (χ4v) is 2.91. The maximum atomic E-state index is 12.9. The molecule has 0 aliphatic carbocycles. The molecule has 0 unspecified atom stereocenters. The maximum Gasteiger partial charge on any atom is 0.326 e. The molecule has 7 nitrogen and oxygen atoms in total. The Morgan fingerprint density at radius 1 is 1.18 bits per heavy atom. The Labute approximate surface area is 166 Å². The minimum absolute atomic E-state index is 0.213. The Hall–Kier alpha value is -3.19. The number of fused-ring (bicyclic) bond motifs is 1. The first kappa shape index (κ1) is 19.6. The van der Waals surface area contributed by atoms with E-state index < -0.39 is 11.9 Å². The third-order valence-electron chi connectivity index (χ3n) is 4.05. The van der Waals surface area contributed by atoms with E-state index in [9.17, 15) is 14.4 Å². The summed E-state index contributed by atoms with van der Waals surface area (Å²) in [6.07, 6.45) is 1.31. The predicted octanol–water partition coefficient (Wildman–Crippen LogP) is 2.65. The zero-order chi connectivity index (χ0) is 20.1. The van der Waals surface area contributed by atoms with Gasteiger partial charge >= 0.3 is 5.97 Å². The van der Waals surface area contributed by atoms with Crippen LogP contribution >= 0.6 is 11.6 Å². The summed E-state index contributed by atoms with van der Waals surface area (Å²) < 4.78 is 6.16. The van der Waals surface area contributed by atoms with Crippen LogP contribution in [0.3, 0.4) is 0 Å². The molecule has 1 aromatic heterocycles. The van der Waals surface area contributed by atoms with Crippen LogP contribution in [0.15, 0.2) is 59.7 Å². The largest absolute Gasteiger partial charge is 0.465 e. The number of carbonyl (C=O) groups excluding carboxylic acids is 2. The van der Waals surface area contributed by atoms with Crippen LogP contribution in [0.1, 0.15) is 6.92 Å². The number of halogens is 1. The number of hydrogen-bond donors (Lipinski definition) is 0. The number of benzene rings is 2. The molecule has 0 radical (unpaired) electrons. The summed E-state index contributed by atoms with van der Waals surface area (Å²) in [4.78, 5) is 43.1. The van der Waals surface area contributed by atoms with Gasteiger partial charge in [-0.1, -0.05) is 29.8 Å². The van der Waals surface area contributed by atoms with Crippen LogP contribution in [-0.2, 0) is 20.9 Å². The molecule has 0 fully saturated rings. The van der Waals surface area contributed by atoms with E-state index >= 15 is 0 Å². The molecule has 144 valence electrons. The summed E-state index contributed by atoms with van der Waals surface area (Å²) in [5.74, 6) is -0.972. The van der Waals surface area contributed by atoms with Gasteiger partial charge in [-0.15, -0.1) is 0 Å². The van der Waals surface area contributed by atoms with E-state index in [0.717, 1.165) is 0 Å². The van der Waals surface area contributed by atoms with E-state index in [4.69, 9.17) is 16.3 Å². The van der Waals surface area contributed by atoms with Crippen molar-refractivity contribution >= 4 is 40.1 Å². The number of anilines is 1. The molecule has 1 heterocycles. The lowest BCUT2D eigenvalue weighted by atomic mass is 10.2. The van der Waals surface area contributed by atoms with Crippen molar-refractivity contribution in [3.63, 3.8) is 0 Å². The zero-order valence-corrected chi connectivity index (χ0v) is 15.9. The van der Waals surface area contributed by atoms with Crippen LogP contribution in [0.2, 0.25) is 5.02 Å². The highest BCUT2D eigenvalue weighted by Gasteiger charge is 2.21. The van der Waals surface area contributed by atoms with Crippen molar-refractivity contribution in [3.05, 3.63) is 70.2 Å². The summed E-state index contributed by atoms with van der Waals surface area (Å²) in [6, 6.07) is 13.5. The standard InChI is InChI=1S/C20H18ClN3O4/c1-2-28-19(26)12-24(15-6-4-3-5-7-15)18(25)11-23-13-22-17-9-8-14(21)10-16(17)20(23)27/h3-10,13H,2,11-12H2,1H3. The van der Waals surface area contributed by atoms with Gasteiger partial charge in [0.05, 0.1) is 23.8 Å². The fraction of sp³-hybridized carbons (Fsp3) is 0.200. The molecule has 28 heavy (non-hydrogen) atoms. The van der Waals surface area contributed by atoms with Crippen LogP contribution < -0.4 is 10.5 Å². The molecule has 1 amide bonds. The number of amides is 1. The predicted molar refractivity (Wildman–Crippen MR) is 106 cm³/mol. The van der Waals surface area contributed by atoms with E-state index in [1.54, 1.807) is 49.4 Å². The minimum Gasteiger partial charge on any atom is -0.465 e. The SMILES string of the molecule is CCOC(=O)CN(C(=O)Cn1cnc2ccc(Cl)cc2c1=O)c1ccccc1. The Morgan fingerprint density at radius 3 is 2.64 bits per heavy atom. The Balaban J connectivity index is 1.91. The first-order valence-corrected chi connectivity index (χ1v) is 9.03. The van der Waals surface area contributed by atoms with Crippen molar-refractivity contribution in [2.24, 2.45) is 0 Å². The van der Waals surface area contributed by atoms with Gasteiger partial charge in [0.15, 0.2) is 0 Å². The highest BCUT2D eigenvalue weighted by Crippen LogP contribution is 2.16. The number of rotatable bonds is 6. The van der Waals surface area contributed by atoms with Gasteiger partial charge in [-0.3, -0.25) is 23.9 Å². The molecule has 0 atom stereocenters. The third-order valence-corrected chi connectivity index (χ3v) is 4.29. The zero-order valence-electron chi connectivity index (χ0n) is 15.2. The summed E-state index contributed by atoms with van der Waals surface area (Å²) in [5.41, 5.74) is 0.639. The second-order valence-corrected chi connectivity index (χ2v) is 6.40. The van der Waals surface area contributed by atoms with E-state index in [1.807, 2.05) is 0 Å². The smallest absolute Gasteiger partial charge is 0.326 e. The first-order chi connectivity index (χ1) is 13.5. The Morgan fingerprint density at radius 2 is 1.93 bits per heavy atom. The topological polar surface area (TPSA) is 81.5 Å². The van der Waals surface area contributed by atoms with Gasteiger partial charge in [0.25, 0.3) is 5.56 Å². The van der Waals surface area contributed by atoms with Crippen LogP contribution in [0, 0.1) is 0 Å². The molecular weight excluding hydrogens is 382 g/mol. The van der Waals surface area contributed by atoms with Crippen LogP contribution in [-0.4, -0.2) is 34.6 Å². The quantitative estimate of drug-likeness (QED) is 0.595. The van der Waals surface area contributed by atoms with Crippen molar-refractivity contribution in [3.8, 4) is 0 Å². The number of hydrogen-bond acceptors (Lipinski definition) is 5. The molecule has 3 aromatic rings. The second kappa shape index (κ2) is 8.67. The highest BCUT2D eigenvalue weighted by atomic mass is 35.5. The number of carbonyl (C=O) groups is 2. The van der Waals surface area contributed by atoms with Crippen LogP contribution in [0.5, 0.6) is 0 Å². The molecule has 0 saturated heterocycles. The van der Waals surface area contributed by atoms with E-state index in [2.05, 4.69) is 4.98 Å². The highest BCUT2D eigenvalue weighted by molar-refractivity contribution is 6.31. The van der Waals surface area contributed by atoms with Crippen molar-refractivity contribution < 1.29 is 14.3 Å². The van der Waals surface area contributed by atoms with Crippen molar-refractivity contribution in [1.82, 2.24) is 9.55 Å². The molecule has 0 spiro atoms. The van der Waals surface area contributed by atoms with Crippen molar-refractivity contribution in [1.29, 1.82) is 0 Å². The molecule has 0 aliphatic heterocycles. The molecule has 0 N–H and O–H groups in total. The molecule has 2 aromatic carbocycles. The van der Waals surface area contributed by atoms with E-state index in [0.29, 0.717) is 21.6 Å². The molecule has 0 aliphatic rings. The average molecular weight is 400 g/mol. The van der Waals surface area contributed by atoms with Crippen molar-refractivity contribution in [2.45, 2.75) is 13.5 Å². The van der Waals surface area contributed by atoms with E-state index in [1.165, 1.54) is 21.9 Å². The number of aromatic nitrogens is 2. The summed E-state index contributed by atoms with van der Waals surface area (Å²) >= 11 is 5.96. The van der Waals surface area contributed by atoms with Gasteiger partial charge in [0.1, 0.15) is 13.1 Å². The average Bonchev–Trinajstić information content (AvgIpc) is 2.69. The van der Waals surface area contributed by atoms with Gasteiger partial charge in [-0.05, 0) is 37.3 Å². The lowest BCUT2D eigenvalue weighted by Crippen LogP contribution is -2.40. The minimum atomic E-state index is -0.532. The number of ether oxygens (including phenoxy) is 1. The monoisotopic (exact) mass is 399 g/mol. The summed E-state index contributed by atoms with van der Waals surface area (Å²) in [5, 5.41) is 0.725. The lowest BCUT2D eigenvalue weighted by Gasteiger charge is -2.22. The number of nitrogens with zero attached hydrogens (tertiary/aromatic N) is 3. The lowest BCUT2D eigenvalue weighted by molar-refractivity contribution is -0.142. The van der Waals surface area contributed by atoms with Crippen molar-refractivity contribution in [2.75, 3.05) is 18.1 Å². The van der Waals surface area contributed by atoms with Crippen LogP contribution in [0.4, 0.5) is 5.69 Å². The van der Waals surface area contributed by atoms with E-state index in [-0.39, 0.29) is 25.3 Å². The molecule has 0 bridgehead atoms. The fourth-order valence-electron chi connectivity index (χ4n) is 2.74. The maximum absolute atomic E-state index is 12.9. The van der Waals surface area contributed by atoms with Crippen LogP contribution in [0.25, 0.3) is 10.9 Å². The Kier molecular flexibility index (Phi) is 6.06. The number of esters is 1. The second-order valence-electron chi connectivity index (χ2n) is 5.96. The third kappa shape index (κ3) is 4.37. The number of para-hydroxylation sites is 1.